The highest BCUT2D eigenvalue weighted by molar-refractivity contribution is 6.02. The van der Waals surface area contributed by atoms with Crippen molar-refractivity contribution in [2.45, 2.75) is 20.0 Å². The molecule has 1 heterocycles. The molecule has 5 heteroatoms. The van der Waals surface area contributed by atoms with E-state index in [2.05, 4.69) is 10.1 Å². The summed E-state index contributed by atoms with van der Waals surface area (Å²) in [4.78, 5) is 3.99. The van der Waals surface area contributed by atoms with Gasteiger partial charge in [0, 0.05) is 17.3 Å². The Balaban J connectivity index is 2.23. The number of ether oxygens (including phenoxy) is 1. The highest BCUT2D eigenvalue weighted by Gasteiger charge is 2.10. The van der Waals surface area contributed by atoms with E-state index < -0.39 is 0 Å². The van der Waals surface area contributed by atoms with Crippen molar-refractivity contribution in [3.05, 3.63) is 59.4 Å². The summed E-state index contributed by atoms with van der Waals surface area (Å²) < 4.78 is 5.77. The summed E-state index contributed by atoms with van der Waals surface area (Å²) in [6.07, 6.45) is 2.16. The van der Waals surface area contributed by atoms with E-state index in [0.29, 0.717) is 29.1 Å². The van der Waals surface area contributed by atoms with Crippen molar-refractivity contribution in [3.8, 4) is 11.8 Å². The van der Waals surface area contributed by atoms with Crippen molar-refractivity contribution in [3.63, 3.8) is 0 Å². The van der Waals surface area contributed by atoms with Crippen molar-refractivity contribution in [2.24, 2.45) is 5.16 Å². The minimum absolute atomic E-state index is 0.232. The average molecular weight is 281 g/mol. The van der Waals surface area contributed by atoms with Gasteiger partial charge in [-0.25, -0.2) is 4.98 Å². The van der Waals surface area contributed by atoms with Crippen LogP contribution in [-0.4, -0.2) is 15.9 Å². The van der Waals surface area contributed by atoms with Crippen LogP contribution in [0.15, 0.2) is 47.8 Å². The number of para-hydroxylation sites is 1. The van der Waals surface area contributed by atoms with Crippen LogP contribution in [0.2, 0.25) is 0 Å². The lowest BCUT2D eigenvalue weighted by Gasteiger charge is -2.12. The second-order valence-electron chi connectivity index (χ2n) is 4.31. The molecule has 0 aliphatic carbocycles. The number of rotatable bonds is 5. The fraction of sp³-hybridized carbons (Fsp3) is 0.188. The first-order valence-corrected chi connectivity index (χ1v) is 6.57. The molecule has 0 saturated carbocycles. The molecular weight excluding hydrogens is 266 g/mol. The minimum Gasteiger partial charge on any atom is -0.488 e. The minimum atomic E-state index is 0.232. The summed E-state index contributed by atoms with van der Waals surface area (Å²) in [5, 5.41) is 21.4. The molecule has 0 bridgehead atoms. The molecular formula is C16H15N3O2. The predicted molar refractivity (Wildman–Crippen MR) is 78.3 cm³/mol. The second kappa shape index (κ2) is 7.06. The molecule has 5 nitrogen and oxygen atoms in total. The number of aromatic nitrogens is 1. The average Bonchev–Trinajstić information content (AvgIpc) is 2.55. The predicted octanol–water partition coefficient (Wildman–Crippen LogP) is 3.12. The van der Waals surface area contributed by atoms with E-state index in [1.54, 1.807) is 24.4 Å². The highest BCUT2D eigenvalue weighted by Crippen LogP contribution is 2.21. The van der Waals surface area contributed by atoms with E-state index in [4.69, 9.17) is 15.2 Å². The van der Waals surface area contributed by atoms with E-state index in [-0.39, 0.29) is 6.61 Å². The van der Waals surface area contributed by atoms with E-state index in [0.717, 1.165) is 5.56 Å². The molecule has 0 spiro atoms. The van der Waals surface area contributed by atoms with Gasteiger partial charge in [-0.05, 0) is 24.6 Å². The first-order valence-electron chi connectivity index (χ1n) is 6.57. The molecule has 0 radical (unpaired) electrons. The van der Waals surface area contributed by atoms with Gasteiger partial charge in [-0.15, -0.1) is 0 Å². The third kappa shape index (κ3) is 3.37. The van der Waals surface area contributed by atoms with E-state index >= 15 is 0 Å². The van der Waals surface area contributed by atoms with Crippen molar-refractivity contribution in [1.29, 1.82) is 5.26 Å². The van der Waals surface area contributed by atoms with Crippen LogP contribution in [0.25, 0.3) is 0 Å². The maximum Gasteiger partial charge on any atom is 0.147 e. The maximum atomic E-state index is 9.05. The van der Waals surface area contributed by atoms with Crippen LogP contribution in [-0.2, 0) is 6.61 Å². The van der Waals surface area contributed by atoms with Crippen LogP contribution >= 0.6 is 0 Å². The zero-order valence-corrected chi connectivity index (χ0v) is 11.7. The van der Waals surface area contributed by atoms with Crippen LogP contribution in [0.1, 0.15) is 30.2 Å². The normalized spacial score (nSPS) is 11.0. The first-order chi connectivity index (χ1) is 10.3. The molecule has 21 heavy (non-hydrogen) atoms. The van der Waals surface area contributed by atoms with Gasteiger partial charge in [-0.3, -0.25) is 0 Å². The Morgan fingerprint density at radius 3 is 2.86 bits per heavy atom. The van der Waals surface area contributed by atoms with E-state index in [9.17, 15) is 0 Å². The lowest BCUT2D eigenvalue weighted by Crippen LogP contribution is -2.05. The molecule has 106 valence electrons. The SMILES string of the molecule is CCC(=NO)c1ccccc1OCc1cccnc1C#N. The lowest BCUT2D eigenvalue weighted by atomic mass is 10.1. The van der Waals surface area contributed by atoms with E-state index in [1.807, 2.05) is 31.2 Å². The van der Waals surface area contributed by atoms with Crippen LogP contribution in [0.4, 0.5) is 0 Å². The summed E-state index contributed by atoms with van der Waals surface area (Å²) in [5.74, 6) is 0.611. The monoisotopic (exact) mass is 281 g/mol. The van der Waals surface area contributed by atoms with Crippen molar-refractivity contribution in [2.75, 3.05) is 0 Å². The standard InChI is InChI=1S/C16H15N3O2/c1-2-14(19-20)13-7-3-4-8-16(13)21-11-12-6-5-9-18-15(12)10-17/h3-9,20H,2,11H2,1H3. The number of hydrogen-bond acceptors (Lipinski definition) is 5. The third-order valence-corrected chi connectivity index (χ3v) is 3.03. The molecule has 2 rings (SSSR count). The number of pyridine rings is 1. The molecule has 0 saturated heterocycles. The van der Waals surface area contributed by atoms with Gasteiger partial charge < -0.3 is 9.94 Å². The number of nitriles is 1. The molecule has 0 fully saturated rings. The molecule has 1 N–H and O–H groups in total. The summed E-state index contributed by atoms with van der Waals surface area (Å²) in [6, 6.07) is 12.9. The molecule has 0 amide bonds. The fourth-order valence-electron chi connectivity index (χ4n) is 1.96. The summed E-state index contributed by atoms with van der Waals surface area (Å²) in [7, 11) is 0. The topological polar surface area (TPSA) is 78.5 Å². The highest BCUT2D eigenvalue weighted by atomic mass is 16.5. The molecule has 0 atom stereocenters. The first kappa shape index (κ1) is 14.5. The lowest BCUT2D eigenvalue weighted by molar-refractivity contribution is 0.302. The molecule has 2 aromatic rings. The largest absolute Gasteiger partial charge is 0.488 e. The number of hydrogen-bond donors (Lipinski definition) is 1. The zero-order chi connectivity index (χ0) is 15.1. The number of nitrogens with zero attached hydrogens (tertiary/aromatic N) is 3. The van der Waals surface area contributed by atoms with E-state index in [1.165, 1.54) is 0 Å². The quantitative estimate of drug-likeness (QED) is 0.519. The van der Waals surface area contributed by atoms with Gasteiger partial charge in [0.1, 0.15) is 24.1 Å². The summed E-state index contributed by atoms with van der Waals surface area (Å²) >= 11 is 0. The van der Waals surface area contributed by atoms with Gasteiger partial charge in [-0.1, -0.05) is 30.3 Å². The Morgan fingerprint density at radius 1 is 1.33 bits per heavy atom. The van der Waals surface area contributed by atoms with Crippen LogP contribution in [0.3, 0.4) is 0 Å². The van der Waals surface area contributed by atoms with Gasteiger partial charge in [0.2, 0.25) is 0 Å². The smallest absolute Gasteiger partial charge is 0.147 e. The molecule has 0 aliphatic rings. The Hall–Kier alpha value is -2.87. The Morgan fingerprint density at radius 2 is 2.14 bits per heavy atom. The molecule has 1 aromatic carbocycles. The Bertz CT molecular complexity index is 690. The number of oxime groups is 1. The van der Waals surface area contributed by atoms with Gasteiger partial charge >= 0.3 is 0 Å². The summed E-state index contributed by atoms with van der Waals surface area (Å²) in [6.45, 7) is 2.14. The third-order valence-electron chi connectivity index (χ3n) is 3.03. The van der Waals surface area contributed by atoms with Crippen molar-refractivity contribution >= 4 is 5.71 Å². The van der Waals surface area contributed by atoms with Gasteiger partial charge in [0.05, 0.1) is 5.71 Å². The Kier molecular flexibility index (Phi) is 4.89. The maximum absolute atomic E-state index is 9.05. The van der Waals surface area contributed by atoms with Crippen LogP contribution < -0.4 is 4.74 Å². The van der Waals surface area contributed by atoms with Crippen molar-refractivity contribution < 1.29 is 9.94 Å². The van der Waals surface area contributed by atoms with Crippen LogP contribution in [0, 0.1) is 11.3 Å². The van der Waals surface area contributed by atoms with Gasteiger partial charge in [0.15, 0.2) is 0 Å². The molecule has 0 aliphatic heterocycles. The van der Waals surface area contributed by atoms with Gasteiger partial charge in [-0.2, -0.15) is 5.26 Å². The Labute approximate surface area is 123 Å². The number of benzene rings is 1. The second-order valence-corrected chi connectivity index (χ2v) is 4.31. The van der Waals surface area contributed by atoms with Crippen LogP contribution in [0.5, 0.6) is 5.75 Å². The van der Waals surface area contributed by atoms with Gasteiger partial charge in [0.25, 0.3) is 0 Å². The fourth-order valence-corrected chi connectivity index (χ4v) is 1.96. The zero-order valence-electron chi connectivity index (χ0n) is 11.7. The molecule has 1 aromatic heterocycles. The molecule has 0 unspecified atom stereocenters. The summed E-state index contributed by atoms with van der Waals surface area (Å²) in [5.41, 5.74) is 2.36. The van der Waals surface area contributed by atoms with Crippen molar-refractivity contribution in [1.82, 2.24) is 4.98 Å².